The predicted octanol–water partition coefficient (Wildman–Crippen LogP) is 3.80. The summed E-state index contributed by atoms with van der Waals surface area (Å²) in [7, 11) is 5.01. The molecule has 0 atom stereocenters. The molecule has 2 aromatic carbocycles. The van der Waals surface area contributed by atoms with Crippen LogP contribution in [-0.4, -0.2) is 39.5 Å². The van der Waals surface area contributed by atoms with Crippen LogP contribution in [0.4, 0.5) is 5.69 Å². The minimum Gasteiger partial charge on any atom is -0.508 e. The van der Waals surface area contributed by atoms with Gasteiger partial charge in [0.1, 0.15) is 23.0 Å². The van der Waals surface area contributed by atoms with Crippen molar-refractivity contribution in [1.82, 2.24) is 0 Å². The Kier molecular flexibility index (Phi) is 5.22. The maximum atomic E-state index is 9.45. The maximum Gasteiger partial charge on any atom is 0.129 e. The number of phenolic OH excluding ortho intramolecular Hbond substituents is 1. The molecule has 0 radical (unpaired) electrons. The Morgan fingerprint density at radius 1 is 0.880 bits per heavy atom. The first kappa shape index (κ1) is 17.3. The number of benzene rings is 2. The number of hydrogen-bond acceptors (Lipinski definition) is 5. The summed E-state index contributed by atoms with van der Waals surface area (Å²) in [5.41, 5.74) is 2.26. The molecule has 134 valence electrons. The third-order valence-electron chi connectivity index (χ3n) is 4.87. The first-order chi connectivity index (χ1) is 12.2. The lowest BCUT2D eigenvalue weighted by atomic mass is 9.87. The number of ether oxygens (including phenoxy) is 3. The molecule has 1 saturated heterocycles. The van der Waals surface area contributed by atoms with Crippen LogP contribution in [-0.2, 0) is 0 Å². The van der Waals surface area contributed by atoms with Gasteiger partial charge in [-0.25, -0.2) is 0 Å². The van der Waals surface area contributed by atoms with Crippen LogP contribution >= 0.6 is 0 Å². The van der Waals surface area contributed by atoms with Gasteiger partial charge in [-0.15, -0.1) is 0 Å². The zero-order chi connectivity index (χ0) is 17.8. The molecule has 0 bridgehead atoms. The lowest BCUT2D eigenvalue weighted by Crippen LogP contribution is -2.33. The van der Waals surface area contributed by atoms with Crippen LogP contribution in [0, 0.1) is 0 Å². The van der Waals surface area contributed by atoms with E-state index < -0.39 is 0 Å². The third kappa shape index (κ3) is 3.60. The average molecular weight is 343 g/mol. The number of nitrogens with zero attached hydrogens (tertiary/aromatic N) is 1. The van der Waals surface area contributed by atoms with Gasteiger partial charge in [-0.3, -0.25) is 0 Å². The van der Waals surface area contributed by atoms with Crippen molar-refractivity contribution in [3.8, 4) is 23.0 Å². The van der Waals surface area contributed by atoms with Gasteiger partial charge in [-0.1, -0.05) is 0 Å². The summed E-state index contributed by atoms with van der Waals surface area (Å²) in [6, 6.07) is 11.2. The maximum absolute atomic E-state index is 9.45. The van der Waals surface area contributed by atoms with Gasteiger partial charge in [-0.2, -0.15) is 0 Å². The Bertz CT molecular complexity index is 681. The number of rotatable bonds is 5. The van der Waals surface area contributed by atoms with Gasteiger partial charge in [0.15, 0.2) is 0 Å². The van der Waals surface area contributed by atoms with Crippen molar-refractivity contribution in [3.05, 3.63) is 42.0 Å². The van der Waals surface area contributed by atoms with Gasteiger partial charge in [-0.05, 0) is 43.0 Å². The van der Waals surface area contributed by atoms with Crippen LogP contribution in [0.25, 0.3) is 0 Å². The topological polar surface area (TPSA) is 51.2 Å². The van der Waals surface area contributed by atoms with Crippen molar-refractivity contribution in [1.29, 1.82) is 0 Å². The molecule has 2 aromatic rings. The summed E-state index contributed by atoms with van der Waals surface area (Å²) in [6.07, 6.45) is 2.03. The highest BCUT2D eigenvalue weighted by atomic mass is 16.5. The van der Waals surface area contributed by atoms with E-state index in [4.69, 9.17) is 14.2 Å². The van der Waals surface area contributed by atoms with Crippen molar-refractivity contribution in [2.75, 3.05) is 39.3 Å². The Hall–Kier alpha value is -2.56. The Labute approximate surface area is 148 Å². The van der Waals surface area contributed by atoms with Crippen molar-refractivity contribution < 1.29 is 19.3 Å². The Morgan fingerprint density at radius 3 is 1.92 bits per heavy atom. The zero-order valence-electron chi connectivity index (χ0n) is 15.0. The molecule has 0 amide bonds. The van der Waals surface area contributed by atoms with E-state index in [-0.39, 0.29) is 0 Å². The van der Waals surface area contributed by atoms with Crippen molar-refractivity contribution in [3.63, 3.8) is 0 Å². The number of methoxy groups -OCH3 is 3. The summed E-state index contributed by atoms with van der Waals surface area (Å²) in [4.78, 5) is 2.35. The highest BCUT2D eigenvalue weighted by Gasteiger charge is 2.27. The summed E-state index contributed by atoms with van der Waals surface area (Å²) < 4.78 is 16.6. The molecule has 1 heterocycles. The monoisotopic (exact) mass is 343 g/mol. The third-order valence-corrected chi connectivity index (χ3v) is 4.87. The normalized spacial score (nSPS) is 15.1. The summed E-state index contributed by atoms with van der Waals surface area (Å²) >= 11 is 0. The van der Waals surface area contributed by atoms with Gasteiger partial charge < -0.3 is 24.2 Å². The number of hydrogen-bond donors (Lipinski definition) is 1. The summed E-state index contributed by atoms with van der Waals surface area (Å²) in [5.74, 6) is 3.05. The molecular weight excluding hydrogens is 318 g/mol. The van der Waals surface area contributed by atoms with E-state index in [1.165, 1.54) is 0 Å². The first-order valence-electron chi connectivity index (χ1n) is 8.50. The number of piperidine rings is 1. The molecule has 0 aliphatic carbocycles. The van der Waals surface area contributed by atoms with Gasteiger partial charge in [0.2, 0.25) is 0 Å². The number of anilines is 1. The van der Waals surface area contributed by atoms with Gasteiger partial charge in [0.25, 0.3) is 0 Å². The molecule has 5 heteroatoms. The summed E-state index contributed by atoms with van der Waals surface area (Å²) in [5, 5.41) is 9.45. The molecule has 3 rings (SSSR count). The molecule has 1 N–H and O–H groups in total. The largest absolute Gasteiger partial charge is 0.508 e. The van der Waals surface area contributed by atoms with E-state index >= 15 is 0 Å². The SMILES string of the molecule is COc1cc(OC)c(C2CCN(c3ccc(O)cc3)CC2)c(OC)c1. The van der Waals surface area contributed by atoms with E-state index in [0.29, 0.717) is 11.7 Å². The molecule has 0 spiro atoms. The van der Waals surface area contributed by atoms with Crippen molar-refractivity contribution in [2.45, 2.75) is 18.8 Å². The van der Waals surface area contributed by atoms with Gasteiger partial charge in [0, 0.05) is 36.5 Å². The lowest BCUT2D eigenvalue weighted by molar-refractivity contribution is 0.356. The smallest absolute Gasteiger partial charge is 0.129 e. The van der Waals surface area contributed by atoms with E-state index in [1.807, 2.05) is 24.3 Å². The fraction of sp³-hybridized carbons (Fsp3) is 0.400. The molecule has 1 fully saturated rings. The van der Waals surface area contributed by atoms with Crippen molar-refractivity contribution in [2.24, 2.45) is 0 Å². The van der Waals surface area contributed by atoms with Gasteiger partial charge >= 0.3 is 0 Å². The standard InChI is InChI=1S/C20H25NO4/c1-23-17-12-18(24-2)20(19(13-17)25-3)14-8-10-21(11-9-14)15-4-6-16(22)7-5-15/h4-7,12-14,22H,8-11H2,1-3H3. The second-order valence-electron chi connectivity index (χ2n) is 6.22. The quantitative estimate of drug-likeness (QED) is 0.895. The second-order valence-corrected chi connectivity index (χ2v) is 6.22. The Morgan fingerprint density at radius 2 is 1.44 bits per heavy atom. The van der Waals surface area contributed by atoms with Crippen LogP contribution in [0.3, 0.4) is 0 Å². The molecule has 1 aliphatic heterocycles. The van der Waals surface area contributed by atoms with E-state index in [9.17, 15) is 5.11 Å². The molecule has 1 aliphatic rings. The summed E-state index contributed by atoms with van der Waals surface area (Å²) in [6.45, 7) is 1.90. The highest BCUT2D eigenvalue weighted by Crippen LogP contribution is 2.43. The first-order valence-corrected chi connectivity index (χ1v) is 8.50. The molecule has 5 nitrogen and oxygen atoms in total. The molecule has 0 unspecified atom stereocenters. The van der Waals surface area contributed by atoms with Crippen LogP contribution in [0.2, 0.25) is 0 Å². The van der Waals surface area contributed by atoms with Gasteiger partial charge in [0.05, 0.1) is 21.3 Å². The predicted molar refractivity (Wildman–Crippen MR) is 98.4 cm³/mol. The highest BCUT2D eigenvalue weighted by molar-refractivity contribution is 5.54. The minimum atomic E-state index is 0.298. The van der Waals surface area contributed by atoms with Crippen molar-refractivity contribution >= 4 is 5.69 Å². The molecule has 0 saturated carbocycles. The second kappa shape index (κ2) is 7.55. The minimum absolute atomic E-state index is 0.298. The van der Waals surface area contributed by atoms with E-state index in [1.54, 1.807) is 33.5 Å². The van der Waals surface area contributed by atoms with E-state index in [2.05, 4.69) is 4.90 Å². The van der Waals surface area contributed by atoms with Crippen LogP contribution < -0.4 is 19.1 Å². The lowest BCUT2D eigenvalue weighted by Gasteiger charge is -2.34. The van der Waals surface area contributed by atoms with Crippen LogP contribution in [0.15, 0.2) is 36.4 Å². The fourth-order valence-electron chi connectivity index (χ4n) is 3.52. The molecule has 25 heavy (non-hydrogen) atoms. The molecule has 0 aromatic heterocycles. The number of phenols is 1. The van der Waals surface area contributed by atoms with Crippen LogP contribution in [0.1, 0.15) is 24.3 Å². The Balaban J connectivity index is 1.79. The average Bonchev–Trinajstić information content (AvgIpc) is 2.67. The van der Waals surface area contributed by atoms with Crippen LogP contribution in [0.5, 0.6) is 23.0 Å². The molecular formula is C20H25NO4. The number of aromatic hydroxyl groups is 1. The van der Waals surface area contributed by atoms with E-state index in [0.717, 1.165) is 54.4 Å². The fourth-order valence-corrected chi connectivity index (χ4v) is 3.52. The zero-order valence-corrected chi connectivity index (χ0v) is 15.0.